The molecular formula is C23H32Cl2N2O4. The van der Waals surface area contributed by atoms with E-state index >= 15 is 0 Å². The average molecular weight is 471 g/mol. The molecule has 0 bridgehead atoms. The number of β-amino-alcohol motifs (C(OH)–C–C–N with tert-alkyl or cyclic N) is 1. The normalized spacial score (nSPS) is 16.8. The average Bonchev–Trinajstić information content (AvgIpc) is 3.22. The van der Waals surface area contributed by atoms with E-state index in [2.05, 4.69) is 41.0 Å². The van der Waals surface area contributed by atoms with Crippen molar-refractivity contribution >= 4 is 24.8 Å². The summed E-state index contributed by atoms with van der Waals surface area (Å²) >= 11 is 0. The third-order valence-corrected chi connectivity index (χ3v) is 5.55. The van der Waals surface area contributed by atoms with Crippen LogP contribution < -0.4 is 14.2 Å². The lowest BCUT2D eigenvalue weighted by Crippen LogP contribution is -2.48. The first-order chi connectivity index (χ1) is 14.2. The molecule has 0 spiro atoms. The summed E-state index contributed by atoms with van der Waals surface area (Å²) in [7, 11) is 0. The molecule has 8 heteroatoms. The van der Waals surface area contributed by atoms with E-state index in [0.717, 1.165) is 56.4 Å². The Morgan fingerprint density at radius 1 is 0.903 bits per heavy atom. The Morgan fingerprint density at radius 2 is 1.55 bits per heavy atom. The summed E-state index contributed by atoms with van der Waals surface area (Å²) in [6, 6.07) is 14.3. The number of rotatable bonds is 8. The number of fused-ring (bicyclic) bond motifs is 1. The van der Waals surface area contributed by atoms with Crippen LogP contribution in [0.2, 0.25) is 0 Å². The van der Waals surface area contributed by atoms with Gasteiger partial charge in [0.25, 0.3) is 0 Å². The molecule has 6 nitrogen and oxygen atoms in total. The van der Waals surface area contributed by atoms with E-state index in [4.69, 9.17) is 14.2 Å². The van der Waals surface area contributed by atoms with Gasteiger partial charge in [-0.1, -0.05) is 25.1 Å². The van der Waals surface area contributed by atoms with Crippen molar-refractivity contribution in [2.75, 3.05) is 46.1 Å². The molecule has 0 radical (unpaired) electrons. The Kier molecular flexibility index (Phi) is 10.2. The molecule has 2 aromatic rings. The number of hydrogen-bond donors (Lipinski definition) is 1. The van der Waals surface area contributed by atoms with Gasteiger partial charge < -0.3 is 19.3 Å². The molecular weight excluding hydrogens is 439 g/mol. The second-order valence-corrected chi connectivity index (χ2v) is 7.73. The summed E-state index contributed by atoms with van der Waals surface area (Å²) in [5, 5.41) is 10.3. The van der Waals surface area contributed by atoms with Gasteiger partial charge in [-0.3, -0.25) is 9.80 Å². The topological polar surface area (TPSA) is 54.4 Å². The van der Waals surface area contributed by atoms with Crippen molar-refractivity contribution in [2.24, 2.45) is 0 Å². The van der Waals surface area contributed by atoms with E-state index < -0.39 is 6.10 Å². The summed E-state index contributed by atoms with van der Waals surface area (Å²) in [5.74, 6) is 2.49. The molecule has 1 N–H and O–H groups in total. The van der Waals surface area contributed by atoms with Crippen molar-refractivity contribution in [2.45, 2.75) is 26.0 Å². The van der Waals surface area contributed by atoms with E-state index in [-0.39, 0.29) is 24.8 Å². The monoisotopic (exact) mass is 470 g/mol. The highest BCUT2D eigenvalue weighted by Crippen LogP contribution is 2.32. The van der Waals surface area contributed by atoms with E-state index in [1.807, 2.05) is 18.2 Å². The van der Waals surface area contributed by atoms with E-state index in [1.54, 1.807) is 0 Å². The summed E-state index contributed by atoms with van der Waals surface area (Å²) in [6.45, 7) is 8.19. The Labute approximate surface area is 196 Å². The number of aliphatic hydroxyl groups excluding tert-OH is 1. The van der Waals surface area contributed by atoms with Crippen LogP contribution in [-0.4, -0.2) is 67.1 Å². The Balaban J connectivity index is 0.00000171. The molecule has 0 aliphatic carbocycles. The molecule has 31 heavy (non-hydrogen) atoms. The molecule has 172 valence electrons. The molecule has 2 aliphatic rings. The molecule has 1 saturated heterocycles. The zero-order valence-corrected chi connectivity index (χ0v) is 19.5. The van der Waals surface area contributed by atoms with Crippen molar-refractivity contribution < 1.29 is 19.3 Å². The first-order valence-electron chi connectivity index (χ1n) is 10.4. The van der Waals surface area contributed by atoms with E-state index in [9.17, 15) is 5.11 Å². The molecule has 1 unspecified atom stereocenters. The van der Waals surface area contributed by atoms with Crippen LogP contribution in [-0.2, 0) is 13.0 Å². The summed E-state index contributed by atoms with van der Waals surface area (Å²) in [6.07, 6.45) is 0.532. The van der Waals surface area contributed by atoms with Gasteiger partial charge in [0.2, 0.25) is 6.79 Å². The van der Waals surface area contributed by atoms with Gasteiger partial charge in [0.15, 0.2) is 11.5 Å². The molecule has 0 amide bonds. The van der Waals surface area contributed by atoms with Gasteiger partial charge in [0, 0.05) is 39.3 Å². The maximum absolute atomic E-state index is 10.3. The van der Waals surface area contributed by atoms with Crippen molar-refractivity contribution in [3.05, 3.63) is 53.6 Å². The van der Waals surface area contributed by atoms with Crippen molar-refractivity contribution in [3.8, 4) is 17.2 Å². The highest BCUT2D eigenvalue weighted by atomic mass is 35.5. The number of ether oxygens (including phenoxy) is 3. The summed E-state index contributed by atoms with van der Waals surface area (Å²) in [4.78, 5) is 4.75. The molecule has 0 saturated carbocycles. The van der Waals surface area contributed by atoms with Gasteiger partial charge in [-0.2, -0.15) is 0 Å². The van der Waals surface area contributed by atoms with Crippen molar-refractivity contribution in [1.82, 2.24) is 9.80 Å². The largest absolute Gasteiger partial charge is 0.491 e. The lowest BCUT2D eigenvalue weighted by Gasteiger charge is -2.35. The maximum atomic E-state index is 10.3. The SMILES string of the molecule is CCc1ccc(OCC(O)CN2CCN(Cc3ccc4c(c3)OCO4)CC2)cc1.Cl.Cl. The fraction of sp³-hybridized carbons (Fsp3) is 0.478. The smallest absolute Gasteiger partial charge is 0.231 e. The van der Waals surface area contributed by atoms with E-state index in [1.165, 1.54) is 11.1 Å². The minimum absolute atomic E-state index is 0. The van der Waals surface area contributed by atoms with Gasteiger partial charge in [-0.25, -0.2) is 0 Å². The highest BCUT2D eigenvalue weighted by molar-refractivity contribution is 5.85. The van der Waals surface area contributed by atoms with Gasteiger partial charge >= 0.3 is 0 Å². The van der Waals surface area contributed by atoms with Crippen LogP contribution in [0.4, 0.5) is 0 Å². The van der Waals surface area contributed by atoms with Crippen LogP contribution in [0.15, 0.2) is 42.5 Å². The number of aryl methyl sites for hydroxylation is 1. The van der Waals surface area contributed by atoms with Crippen LogP contribution in [0.3, 0.4) is 0 Å². The molecule has 1 atom stereocenters. The van der Waals surface area contributed by atoms with Gasteiger partial charge in [0.05, 0.1) is 0 Å². The number of piperazine rings is 1. The van der Waals surface area contributed by atoms with E-state index in [0.29, 0.717) is 19.9 Å². The number of halogens is 2. The first kappa shape index (κ1) is 25.6. The lowest BCUT2D eigenvalue weighted by molar-refractivity contribution is 0.0446. The number of hydrogen-bond acceptors (Lipinski definition) is 6. The Hall–Kier alpha value is -1.70. The van der Waals surface area contributed by atoms with Crippen molar-refractivity contribution in [1.29, 1.82) is 0 Å². The van der Waals surface area contributed by atoms with Crippen LogP contribution in [0.1, 0.15) is 18.1 Å². The molecule has 2 heterocycles. The fourth-order valence-corrected chi connectivity index (χ4v) is 3.79. The van der Waals surface area contributed by atoms with Gasteiger partial charge in [0.1, 0.15) is 18.5 Å². The Bertz CT molecular complexity index is 799. The molecule has 2 aromatic carbocycles. The number of aliphatic hydroxyl groups is 1. The first-order valence-corrected chi connectivity index (χ1v) is 10.4. The van der Waals surface area contributed by atoms with Crippen LogP contribution in [0.5, 0.6) is 17.2 Å². The van der Waals surface area contributed by atoms with Crippen LogP contribution >= 0.6 is 24.8 Å². The standard InChI is InChI=1S/C23H30N2O4.2ClH/c1-2-18-3-6-21(7-4-18)27-16-20(26)15-25-11-9-24(10-12-25)14-19-5-8-22-23(13-19)29-17-28-22;;/h3-8,13,20,26H,2,9-12,14-17H2,1H3;2*1H. The summed E-state index contributed by atoms with van der Waals surface area (Å²) < 4.78 is 16.6. The predicted octanol–water partition coefficient (Wildman–Crippen LogP) is 3.38. The van der Waals surface area contributed by atoms with Crippen LogP contribution in [0.25, 0.3) is 0 Å². The van der Waals surface area contributed by atoms with Crippen LogP contribution in [0, 0.1) is 0 Å². The van der Waals surface area contributed by atoms with Crippen molar-refractivity contribution in [3.63, 3.8) is 0 Å². The lowest BCUT2D eigenvalue weighted by atomic mass is 10.1. The Morgan fingerprint density at radius 3 is 2.26 bits per heavy atom. The number of nitrogens with zero attached hydrogens (tertiary/aromatic N) is 2. The summed E-state index contributed by atoms with van der Waals surface area (Å²) in [5.41, 5.74) is 2.53. The second-order valence-electron chi connectivity index (χ2n) is 7.73. The maximum Gasteiger partial charge on any atom is 0.231 e. The molecule has 1 fully saturated rings. The highest BCUT2D eigenvalue weighted by Gasteiger charge is 2.20. The zero-order chi connectivity index (χ0) is 20.1. The third kappa shape index (κ3) is 7.16. The second kappa shape index (κ2) is 12.4. The molecule has 0 aromatic heterocycles. The van der Waals surface area contributed by atoms with Gasteiger partial charge in [-0.05, 0) is 41.8 Å². The predicted molar refractivity (Wildman–Crippen MR) is 126 cm³/mol. The molecule has 4 rings (SSSR count). The zero-order valence-electron chi connectivity index (χ0n) is 17.9. The molecule has 2 aliphatic heterocycles. The fourth-order valence-electron chi connectivity index (χ4n) is 3.79. The minimum atomic E-state index is -0.485. The quantitative estimate of drug-likeness (QED) is 0.637. The number of benzene rings is 2. The van der Waals surface area contributed by atoms with Gasteiger partial charge in [-0.15, -0.1) is 24.8 Å². The minimum Gasteiger partial charge on any atom is -0.491 e. The third-order valence-electron chi connectivity index (χ3n) is 5.55.